The lowest BCUT2D eigenvalue weighted by Gasteiger charge is -2.33. The van der Waals surface area contributed by atoms with Gasteiger partial charge in [0.25, 0.3) is 11.8 Å². The fourth-order valence-corrected chi connectivity index (χ4v) is 8.14. The third kappa shape index (κ3) is 5.11. The number of thiol groups is 1. The summed E-state index contributed by atoms with van der Waals surface area (Å²) >= 11 is 0. The Morgan fingerprint density at radius 2 is 1.95 bits per heavy atom. The number of anilines is 1. The van der Waals surface area contributed by atoms with Crippen molar-refractivity contribution in [2.45, 2.75) is 42.7 Å². The van der Waals surface area contributed by atoms with Crippen molar-refractivity contribution in [1.82, 2.24) is 20.5 Å². The van der Waals surface area contributed by atoms with Gasteiger partial charge in [0.05, 0.1) is 26.9 Å². The lowest BCUT2D eigenvalue weighted by molar-refractivity contribution is -0.130. The van der Waals surface area contributed by atoms with Crippen LogP contribution in [0.25, 0.3) is 5.70 Å². The first-order valence-corrected chi connectivity index (χ1v) is 15.1. The third-order valence-corrected chi connectivity index (χ3v) is 10.1. The number of carbonyl (C=O) groups is 3. The number of likely N-dealkylation sites (tertiary alicyclic amines) is 1. The summed E-state index contributed by atoms with van der Waals surface area (Å²) in [5.41, 5.74) is 2.64. The van der Waals surface area contributed by atoms with Crippen LogP contribution in [-0.2, 0) is 9.59 Å². The first-order valence-electron chi connectivity index (χ1n) is 13.7. The maximum absolute atomic E-state index is 14.1. The van der Waals surface area contributed by atoms with Gasteiger partial charge in [-0.05, 0) is 74.7 Å². The minimum absolute atomic E-state index is 0.196. The van der Waals surface area contributed by atoms with Crippen LogP contribution < -0.4 is 20.7 Å². The number of aromatic nitrogens is 1. The molecule has 3 aliphatic heterocycles. The van der Waals surface area contributed by atoms with Crippen LogP contribution in [0, 0.1) is 6.92 Å². The highest BCUT2D eigenvalue weighted by Gasteiger charge is 2.41. The number of aryl methyl sites for hydroxylation is 1. The van der Waals surface area contributed by atoms with Gasteiger partial charge in [0.1, 0.15) is 11.5 Å². The van der Waals surface area contributed by atoms with E-state index in [1.54, 1.807) is 12.3 Å². The minimum atomic E-state index is -1.46. The van der Waals surface area contributed by atoms with Crippen LogP contribution in [0.5, 0.6) is 11.5 Å². The number of hydrogen-bond donors (Lipinski definition) is 4. The molecular weight excluding hydrogens is 557 g/mol. The molecule has 3 N–H and O–H groups in total. The van der Waals surface area contributed by atoms with E-state index in [0.29, 0.717) is 57.8 Å². The number of rotatable bonds is 6. The molecule has 0 saturated carbocycles. The fourth-order valence-electron chi connectivity index (χ4n) is 5.52. The van der Waals surface area contributed by atoms with Crippen LogP contribution in [-0.4, -0.2) is 46.9 Å². The predicted octanol–water partition coefficient (Wildman–Crippen LogP) is 5.40. The Morgan fingerprint density at radius 1 is 1.14 bits per heavy atom. The van der Waals surface area contributed by atoms with Gasteiger partial charge in [-0.3, -0.25) is 14.6 Å². The summed E-state index contributed by atoms with van der Waals surface area (Å²) in [6.07, 6.45) is 4.05. The molecule has 0 radical (unpaired) electrons. The van der Waals surface area contributed by atoms with E-state index in [9.17, 15) is 18.8 Å². The molecule has 4 heterocycles. The van der Waals surface area contributed by atoms with Crippen LogP contribution in [0.4, 0.5) is 14.9 Å². The topological polar surface area (TPSA) is 113 Å². The zero-order valence-electron chi connectivity index (χ0n) is 23.1. The summed E-state index contributed by atoms with van der Waals surface area (Å²) in [4.78, 5) is 46.6. The number of nitrogens with zero attached hydrogens (tertiary/aromatic N) is 2. The van der Waals surface area contributed by atoms with Crippen molar-refractivity contribution in [3.8, 4) is 11.5 Å². The third-order valence-electron chi connectivity index (χ3n) is 7.44. The average molecular weight is 588 g/mol. The Balaban J connectivity index is 1.35. The van der Waals surface area contributed by atoms with E-state index in [0.717, 1.165) is 16.5 Å². The van der Waals surface area contributed by atoms with Crippen molar-refractivity contribution in [2.75, 3.05) is 18.4 Å². The van der Waals surface area contributed by atoms with E-state index in [2.05, 4.69) is 16.0 Å². The monoisotopic (exact) mass is 587 g/mol. The first kappa shape index (κ1) is 27.5. The Hall–Kier alpha value is -4.64. The molecule has 3 aromatic rings. The molecule has 0 bridgehead atoms. The molecule has 2 aromatic carbocycles. The van der Waals surface area contributed by atoms with Gasteiger partial charge in [-0.25, -0.2) is 9.18 Å². The highest BCUT2D eigenvalue weighted by atomic mass is 32.2. The van der Waals surface area contributed by atoms with E-state index in [1.807, 2.05) is 55.5 Å². The summed E-state index contributed by atoms with van der Waals surface area (Å²) in [7, 11) is -1.46. The van der Waals surface area contributed by atoms with Crippen LogP contribution in [0.1, 0.15) is 30.9 Å². The van der Waals surface area contributed by atoms with Crippen molar-refractivity contribution in [3.05, 3.63) is 88.7 Å². The largest absolute Gasteiger partial charge is 0.457 e. The number of carbonyl (C=O) groups excluding carboxylic acids is 3. The number of allylic oxidation sites excluding steroid dienone is 1. The molecule has 3 aliphatic rings. The van der Waals surface area contributed by atoms with Gasteiger partial charge in [0.2, 0.25) is 0 Å². The van der Waals surface area contributed by atoms with Crippen LogP contribution >= 0.6 is 10.9 Å². The van der Waals surface area contributed by atoms with Gasteiger partial charge < -0.3 is 25.6 Å². The molecule has 9 nitrogen and oxygen atoms in total. The van der Waals surface area contributed by atoms with Gasteiger partial charge >= 0.3 is 6.03 Å². The number of halogens is 1. The zero-order chi connectivity index (χ0) is 29.4. The maximum atomic E-state index is 14.1. The molecule has 1 aromatic heterocycles. The number of para-hydroxylation sites is 1. The van der Waals surface area contributed by atoms with Gasteiger partial charge in [-0.15, -0.1) is 10.9 Å². The van der Waals surface area contributed by atoms with E-state index in [1.165, 1.54) is 11.8 Å². The number of urea groups is 1. The van der Waals surface area contributed by atoms with E-state index in [4.69, 9.17) is 9.72 Å². The van der Waals surface area contributed by atoms with Crippen LogP contribution in [0.2, 0.25) is 0 Å². The smallest absolute Gasteiger partial charge is 0.323 e. The molecule has 1 saturated heterocycles. The second kappa shape index (κ2) is 11.3. The van der Waals surface area contributed by atoms with Crippen molar-refractivity contribution < 1.29 is 23.5 Å². The van der Waals surface area contributed by atoms with Gasteiger partial charge in [0, 0.05) is 30.2 Å². The molecule has 42 heavy (non-hydrogen) atoms. The first-order chi connectivity index (χ1) is 20.3. The molecular formula is C31H30FN5O4S. The van der Waals surface area contributed by atoms with Crippen molar-refractivity contribution in [2.24, 2.45) is 0 Å². The highest BCUT2D eigenvalue weighted by Crippen LogP contribution is 2.61. The van der Waals surface area contributed by atoms with Crippen LogP contribution in [0.3, 0.4) is 0 Å². The fraction of sp³-hybridized carbons (Fsp3) is 0.226. The van der Waals surface area contributed by atoms with E-state index >= 15 is 0 Å². The molecule has 2 atom stereocenters. The molecule has 2 unspecified atom stereocenters. The second-order valence-electron chi connectivity index (χ2n) is 10.3. The highest BCUT2D eigenvalue weighted by molar-refractivity contribution is 8.21. The number of benzene rings is 2. The van der Waals surface area contributed by atoms with Gasteiger partial charge in [-0.1, -0.05) is 18.2 Å². The lowest BCUT2D eigenvalue weighted by atomic mass is 10.0. The number of hydrogen-bond acceptors (Lipinski definition) is 5. The summed E-state index contributed by atoms with van der Waals surface area (Å²) in [6, 6.07) is 16.1. The Labute approximate surface area is 245 Å². The number of amides is 4. The summed E-state index contributed by atoms with van der Waals surface area (Å²) in [6.45, 7) is 4.05. The average Bonchev–Trinajstić information content (AvgIpc) is 3.32. The van der Waals surface area contributed by atoms with E-state index < -0.39 is 28.7 Å². The summed E-state index contributed by atoms with van der Waals surface area (Å²) in [5.74, 6) is -0.468. The van der Waals surface area contributed by atoms with Crippen molar-refractivity contribution >= 4 is 40.1 Å². The molecule has 11 heteroatoms. The standard InChI is InChI=1S/C31H30FN5O4S/c1-3-22(32)30(39)37-15-7-8-19(17-37)34-28(38)27-26-25-23(35-31(40)36-26)13-14-33-29(25)42(27)24-12-11-21(16-18(24)2)41-20-9-5-4-6-10-20/h3-6,9-14,16,19,42H,7-8,15,17H2,1-2H3,(H,34,38)(H2,35,36,40)/b22-3-. The second-order valence-corrected chi connectivity index (χ2v) is 12.3. The zero-order valence-corrected chi connectivity index (χ0v) is 24.0. The Morgan fingerprint density at radius 3 is 2.71 bits per heavy atom. The molecule has 1 fully saturated rings. The summed E-state index contributed by atoms with van der Waals surface area (Å²) in [5, 5.41) is 9.47. The Kier molecular flexibility index (Phi) is 7.42. The molecule has 4 amide bonds. The molecule has 0 aliphatic carbocycles. The number of ether oxygens (including phenoxy) is 1. The predicted molar refractivity (Wildman–Crippen MR) is 159 cm³/mol. The molecule has 216 valence electrons. The van der Waals surface area contributed by atoms with Crippen molar-refractivity contribution in [3.63, 3.8) is 0 Å². The number of pyridine rings is 1. The van der Waals surface area contributed by atoms with Gasteiger partial charge in [-0.2, -0.15) is 0 Å². The number of nitrogens with one attached hydrogen (secondary N) is 3. The van der Waals surface area contributed by atoms with Crippen LogP contribution in [0.15, 0.2) is 87.5 Å². The Bertz CT molecular complexity index is 1660. The normalized spacial score (nSPS) is 20.4. The minimum Gasteiger partial charge on any atom is -0.457 e. The van der Waals surface area contributed by atoms with E-state index in [-0.39, 0.29) is 18.5 Å². The maximum Gasteiger partial charge on any atom is 0.323 e. The SMILES string of the molecule is C/C=C(\F)C(=O)N1CCCC(NC(=O)C2=C3NC(=O)Nc4ccnc(c43)[SH]2c2ccc(Oc3ccccc3)cc2C)C1. The van der Waals surface area contributed by atoms with Crippen molar-refractivity contribution in [1.29, 1.82) is 0 Å². The summed E-state index contributed by atoms with van der Waals surface area (Å²) < 4.78 is 20.0. The number of piperidine rings is 1. The molecule has 6 rings (SSSR count). The van der Waals surface area contributed by atoms with Gasteiger partial charge in [0.15, 0.2) is 5.83 Å². The quantitative estimate of drug-likeness (QED) is 0.228. The lowest BCUT2D eigenvalue weighted by Crippen LogP contribution is -2.50. The molecule has 0 spiro atoms.